The number of hydrogen-bond acceptors (Lipinski definition) is 3. The summed E-state index contributed by atoms with van der Waals surface area (Å²) in [4.78, 5) is 2.04. The SMILES string of the molecule is CC(C)N(C)Cc1ccc(F)cc1B(O)O. The Hall–Kier alpha value is -0.905. The Kier molecular flexibility index (Phi) is 4.47. The number of halogens is 1. The first-order chi connectivity index (χ1) is 7.41. The van der Waals surface area contributed by atoms with Crippen molar-refractivity contribution in [3.05, 3.63) is 29.6 Å². The average molecular weight is 225 g/mol. The molecule has 0 aliphatic carbocycles. The second kappa shape index (κ2) is 5.43. The van der Waals surface area contributed by atoms with E-state index in [9.17, 15) is 4.39 Å². The highest BCUT2D eigenvalue weighted by molar-refractivity contribution is 6.59. The smallest absolute Gasteiger partial charge is 0.423 e. The highest BCUT2D eigenvalue weighted by Gasteiger charge is 2.18. The van der Waals surface area contributed by atoms with Crippen LogP contribution in [0.25, 0.3) is 0 Å². The van der Waals surface area contributed by atoms with Crippen LogP contribution in [-0.4, -0.2) is 35.2 Å². The molecule has 2 N–H and O–H groups in total. The van der Waals surface area contributed by atoms with E-state index in [0.29, 0.717) is 12.6 Å². The van der Waals surface area contributed by atoms with Gasteiger partial charge in [-0.1, -0.05) is 6.07 Å². The summed E-state index contributed by atoms with van der Waals surface area (Å²) in [5, 5.41) is 18.3. The summed E-state index contributed by atoms with van der Waals surface area (Å²) in [6, 6.07) is 4.42. The summed E-state index contributed by atoms with van der Waals surface area (Å²) < 4.78 is 13.0. The Morgan fingerprint density at radius 1 is 1.38 bits per heavy atom. The topological polar surface area (TPSA) is 43.7 Å². The van der Waals surface area contributed by atoms with Crippen LogP contribution in [0.5, 0.6) is 0 Å². The molecular weight excluding hydrogens is 208 g/mol. The number of rotatable bonds is 4. The van der Waals surface area contributed by atoms with Crippen LogP contribution in [0, 0.1) is 5.82 Å². The molecule has 0 aliphatic heterocycles. The van der Waals surface area contributed by atoms with E-state index in [1.165, 1.54) is 6.07 Å². The normalized spacial score (nSPS) is 11.2. The lowest BCUT2D eigenvalue weighted by atomic mass is 9.77. The van der Waals surface area contributed by atoms with Crippen LogP contribution in [-0.2, 0) is 6.54 Å². The molecule has 0 radical (unpaired) electrons. The Balaban J connectivity index is 2.95. The lowest BCUT2D eigenvalue weighted by Crippen LogP contribution is -2.36. The maximum atomic E-state index is 13.0. The molecule has 0 saturated carbocycles. The molecule has 0 saturated heterocycles. The molecule has 1 aromatic rings. The van der Waals surface area contributed by atoms with Crippen molar-refractivity contribution in [1.29, 1.82) is 0 Å². The highest BCUT2D eigenvalue weighted by atomic mass is 19.1. The van der Waals surface area contributed by atoms with Crippen LogP contribution >= 0.6 is 0 Å². The van der Waals surface area contributed by atoms with Crippen molar-refractivity contribution < 1.29 is 14.4 Å². The van der Waals surface area contributed by atoms with Gasteiger partial charge in [-0.2, -0.15) is 0 Å². The summed E-state index contributed by atoms with van der Waals surface area (Å²) in [6.45, 7) is 4.64. The van der Waals surface area contributed by atoms with Crippen LogP contribution in [0.2, 0.25) is 0 Å². The minimum atomic E-state index is -1.63. The molecule has 0 atom stereocenters. The lowest BCUT2D eigenvalue weighted by molar-refractivity contribution is 0.266. The lowest BCUT2D eigenvalue weighted by Gasteiger charge is -2.22. The molecule has 0 fully saturated rings. The molecule has 1 rings (SSSR count). The zero-order valence-electron chi connectivity index (χ0n) is 9.81. The minimum Gasteiger partial charge on any atom is -0.423 e. The van der Waals surface area contributed by atoms with Gasteiger partial charge in [-0.25, -0.2) is 4.39 Å². The molecule has 0 aromatic heterocycles. The van der Waals surface area contributed by atoms with Crippen LogP contribution in [0.3, 0.4) is 0 Å². The Labute approximate surface area is 95.7 Å². The molecule has 16 heavy (non-hydrogen) atoms. The first-order valence-corrected chi connectivity index (χ1v) is 5.26. The molecule has 0 heterocycles. The van der Waals surface area contributed by atoms with E-state index < -0.39 is 12.9 Å². The molecule has 0 bridgehead atoms. The molecule has 0 spiro atoms. The molecule has 0 aliphatic rings. The third kappa shape index (κ3) is 3.30. The predicted octanol–water partition coefficient (Wildman–Crippen LogP) is 0.346. The Morgan fingerprint density at radius 2 is 2.00 bits per heavy atom. The molecule has 1 aromatic carbocycles. The fraction of sp³-hybridized carbons (Fsp3) is 0.455. The van der Waals surface area contributed by atoms with Crippen molar-refractivity contribution in [2.75, 3.05) is 7.05 Å². The van der Waals surface area contributed by atoms with Gasteiger partial charge in [0.05, 0.1) is 0 Å². The summed E-state index contributed by atoms with van der Waals surface area (Å²) >= 11 is 0. The zero-order valence-corrected chi connectivity index (χ0v) is 9.81. The van der Waals surface area contributed by atoms with Crippen molar-refractivity contribution in [3.8, 4) is 0 Å². The quantitative estimate of drug-likeness (QED) is 0.726. The van der Waals surface area contributed by atoms with Gasteiger partial charge in [-0.3, -0.25) is 4.90 Å². The van der Waals surface area contributed by atoms with Gasteiger partial charge >= 0.3 is 7.12 Å². The molecule has 0 amide bonds. The summed E-state index contributed by atoms with van der Waals surface area (Å²) in [5.74, 6) is -0.459. The molecule has 88 valence electrons. The zero-order chi connectivity index (χ0) is 12.3. The van der Waals surface area contributed by atoms with Crippen molar-refractivity contribution in [3.63, 3.8) is 0 Å². The fourth-order valence-electron chi connectivity index (χ4n) is 1.40. The summed E-state index contributed by atoms with van der Waals surface area (Å²) in [6.07, 6.45) is 0. The molecular formula is C11H17BFNO2. The van der Waals surface area contributed by atoms with Gasteiger partial charge in [-0.15, -0.1) is 0 Å². The first-order valence-electron chi connectivity index (χ1n) is 5.26. The van der Waals surface area contributed by atoms with E-state index in [4.69, 9.17) is 10.0 Å². The van der Waals surface area contributed by atoms with E-state index in [1.54, 1.807) is 6.07 Å². The number of benzene rings is 1. The van der Waals surface area contributed by atoms with Gasteiger partial charge < -0.3 is 10.0 Å². The second-order valence-electron chi connectivity index (χ2n) is 4.23. The maximum absolute atomic E-state index is 13.0. The number of hydrogen-bond donors (Lipinski definition) is 2. The predicted molar refractivity (Wildman–Crippen MR) is 62.8 cm³/mol. The highest BCUT2D eigenvalue weighted by Crippen LogP contribution is 2.06. The van der Waals surface area contributed by atoms with E-state index >= 15 is 0 Å². The van der Waals surface area contributed by atoms with E-state index in [-0.39, 0.29) is 5.46 Å². The standard InChI is InChI=1S/C11H17BFNO2/c1-8(2)14(3)7-9-4-5-10(13)6-11(9)12(15)16/h4-6,8,15-16H,7H2,1-3H3. The van der Waals surface area contributed by atoms with Gasteiger partial charge in [0, 0.05) is 12.6 Å². The van der Waals surface area contributed by atoms with E-state index in [1.807, 2.05) is 25.8 Å². The summed E-state index contributed by atoms with van der Waals surface area (Å²) in [5.41, 5.74) is 0.958. The van der Waals surface area contributed by atoms with Crippen molar-refractivity contribution in [1.82, 2.24) is 4.90 Å². The van der Waals surface area contributed by atoms with E-state index in [0.717, 1.165) is 11.6 Å². The van der Waals surface area contributed by atoms with Gasteiger partial charge in [0.1, 0.15) is 5.82 Å². The second-order valence-corrected chi connectivity index (χ2v) is 4.23. The van der Waals surface area contributed by atoms with E-state index in [2.05, 4.69) is 0 Å². The average Bonchev–Trinajstić information content (AvgIpc) is 2.20. The Bertz CT molecular complexity index is 358. The third-order valence-electron chi connectivity index (χ3n) is 2.69. The van der Waals surface area contributed by atoms with Gasteiger partial charge in [0.25, 0.3) is 0 Å². The first kappa shape index (κ1) is 13.2. The van der Waals surface area contributed by atoms with Crippen LogP contribution in [0.1, 0.15) is 19.4 Å². The summed E-state index contributed by atoms with van der Waals surface area (Å²) in [7, 11) is 0.299. The number of nitrogens with zero attached hydrogens (tertiary/aromatic N) is 1. The van der Waals surface area contributed by atoms with Crippen LogP contribution in [0.15, 0.2) is 18.2 Å². The van der Waals surface area contributed by atoms with Crippen molar-refractivity contribution >= 4 is 12.6 Å². The maximum Gasteiger partial charge on any atom is 0.488 e. The van der Waals surface area contributed by atoms with Crippen LogP contribution < -0.4 is 5.46 Å². The van der Waals surface area contributed by atoms with Gasteiger partial charge in [0.15, 0.2) is 0 Å². The van der Waals surface area contributed by atoms with Gasteiger partial charge in [0.2, 0.25) is 0 Å². The third-order valence-corrected chi connectivity index (χ3v) is 2.69. The largest absolute Gasteiger partial charge is 0.488 e. The molecule has 5 heteroatoms. The molecule has 3 nitrogen and oxygen atoms in total. The minimum absolute atomic E-state index is 0.229. The molecule has 0 unspecified atom stereocenters. The monoisotopic (exact) mass is 225 g/mol. The van der Waals surface area contributed by atoms with Gasteiger partial charge in [-0.05, 0) is 44.1 Å². The van der Waals surface area contributed by atoms with Crippen molar-refractivity contribution in [2.24, 2.45) is 0 Å². The van der Waals surface area contributed by atoms with Crippen LogP contribution in [0.4, 0.5) is 4.39 Å². The Morgan fingerprint density at radius 3 is 2.50 bits per heavy atom. The van der Waals surface area contributed by atoms with Crippen molar-refractivity contribution in [2.45, 2.75) is 26.4 Å². The fourth-order valence-corrected chi connectivity index (χ4v) is 1.40.